The van der Waals surface area contributed by atoms with Crippen LogP contribution < -0.4 is 5.32 Å². The van der Waals surface area contributed by atoms with E-state index < -0.39 is 0 Å². The number of benzene rings is 1. The Bertz CT molecular complexity index is 388. The van der Waals surface area contributed by atoms with Gasteiger partial charge in [0.1, 0.15) is 0 Å². The van der Waals surface area contributed by atoms with Gasteiger partial charge in [-0.2, -0.15) is 0 Å². The zero-order chi connectivity index (χ0) is 10.8. The molecule has 1 saturated heterocycles. The van der Waals surface area contributed by atoms with Crippen molar-refractivity contribution >= 4 is 21.8 Å². The minimum Gasteiger partial charge on any atom is -0.377 e. The van der Waals surface area contributed by atoms with Crippen LogP contribution in [0.3, 0.4) is 0 Å². The van der Waals surface area contributed by atoms with Crippen LogP contribution in [0.15, 0.2) is 22.7 Å². The van der Waals surface area contributed by atoms with Gasteiger partial charge in [-0.3, -0.25) is 4.79 Å². The smallest absolute Gasteiger partial charge is 0.252 e. The molecule has 0 aliphatic carbocycles. The van der Waals surface area contributed by atoms with Crippen LogP contribution in [0.25, 0.3) is 0 Å². The second-order valence-electron chi connectivity index (χ2n) is 3.69. The zero-order valence-electron chi connectivity index (χ0n) is 8.42. The highest BCUT2D eigenvalue weighted by atomic mass is 79.9. The molecule has 0 unspecified atom stereocenters. The van der Waals surface area contributed by atoms with E-state index in [4.69, 9.17) is 4.74 Å². The summed E-state index contributed by atoms with van der Waals surface area (Å²) >= 11 is 3.37. The molecule has 2 rings (SSSR count). The Balaban J connectivity index is 2.12. The number of halogens is 1. The van der Waals surface area contributed by atoms with Crippen LogP contribution in [-0.2, 0) is 4.74 Å². The monoisotopic (exact) mass is 269 g/mol. The number of carbonyl (C=O) groups is 1. The lowest BCUT2D eigenvalue weighted by Crippen LogP contribution is -2.48. The van der Waals surface area contributed by atoms with E-state index in [-0.39, 0.29) is 11.9 Å². The van der Waals surface area contributed by atoms with Gasteiger partial charge in [-0.1, -0.05) is 11.6 Å². The molecule has 1 aromatic rings. The van der Waals surface area contributed by atoms with Gasteiger partial charge in [0.25, 0.3) is 5.91 Å². The highest BCUT2D eigenvalue weighted by Gasteiger charge is 2.21. The topological polar surface area (TPSA) is 38.3 Å². The van der Waals surface area contributed by atoms with E-state index >= 15 is 0 Å². The third-order valence-corrected chi connectivity index (χ3v) is 3.03. The molecule has 1 aromatic carbocycles. The van der Waals surface area contributed by atoms with Gasteiger partial charge in [-0.25, -0.2) is 0 Å². The van der Waals surface area contributed by atoms with Crippen LogP contribution in [0.5, 0.6) is 0 Å². The van der Waals surface area contributed by atoms with Crippen molar-refractivity contribution in [3.63, 3.8) is 0 Å². The summed E-state index contributed by atoms with van der Waals surface area (Å²) in [7, 11) is 0. The molecule has 0 atom stereocenters. The summed E-state index contributed by atoms with van der Waals surface area (Å²) in [5.41, 5.74) is 1.76. The first-order chi connectivity index (χ1) is 7.16. The molecule has 1 N–H and O–H groups in total. The molecule has 4 heteroatoms. The molecule has 0 radical (unpaired) electrons. The normalized spacial score (nSPS) is 15.9. The number of hydrogen-bond acceptors (Lipinski definition) is 2. The maximum Gasteiger partial charge on any atom is 0.252 e. The molecular formula is C11H12BrNO2. The summed E-state index contributed by atoms with van der Waals surface area (Å²) in [5, 5.41) is 2.91. The molecule has 15 heavy (non-hydrogen) atoms. The second kappa shape index (κ2) is 4.33. The maximum atomic E-state index is 11.8. The van der Waals surface area contributed by atoms with Crippen molar-refractivity contribution in [2.45, 2.75) is 13.0 Å². The van der Waals surface area contributed by atoms with Crippen LogP contribution in [0.2, 0.25) is 0 Å². The largest absolute Gasteiger partial charge is 0.377 e. The zero-order valence-corrected chi connectivity index (χ0v) is 10.0. The minimum absolute atomic E-state index is 0.0427. The standard InChI is InChI=1S/C11H12BrNO2/c1-7-2-3-10(12)9(4-7)11(14)13-8-5-15-6-8/h2-4,8H,5-6H2,1H3,(H,13,14). The molecule has 1 aliphatic heterocycles. The predicted octanol–water partition coefficient (Wildman–Crippen LogP) is 1.89. The van der Waals surface area contributed by atoms with Gasteiger partial charge >= 0.3 is 0 Å². The van der Waals surface area contributed by atoms with Crippen molar-refractivity contribution in [1.82, 2.24) is 5.32 Å². The highest BCUT2D eigenvalue weighted by Crippen LogP contribution is 2.18. The van der Waals surface area contributed by atoms with Crippen molar-refractivity contribution in [1.29, 1.82) is 0 Å². The van der Waals surface area contributed by atoms with Crippen molar-refractivity contribution in [2.75, 3.05) is 13.2 Å². The third kappa shape index (κ3) is 2.38. The van der Waals surface area contributed by atoms with E-state index in [2.05, 4.69) is 21.2 Å². The van der Waals surface area contributed by atoms with Crippen molar-refractivity contribution in [2.24, 2.45) is 0 Å². The number of aryl methyl sites for hydroxylation is 1. The quantitative estimate of drug-likeness (QED) is 0.891. The Morgan fingerprint density at radius 3 is 2.87 bits per heavy atom. The van der Waals surface area contributed by atoms with Gasteiger partial charge < -0.3 is 10.1 Å². The summed E-state index contributed by atoms with van der Waals surface area (Å²) in [6, 6.07) is 5.90. The van der Waals surface area contributed by atoms with E-state index in [1.165, 1.54) is 0 Å². The molecular weight excluding hydrogens is 258 g/mol. The first kappa shape index (κ1) is 10.6. The SMILES string of the molecule is Cc1ccc(Br)c(C(=O)NC2COC2)c1. The lowest BCUT2D eigenvalue weighted by molar-refractivity contribution is -0.00347. The average Bonchev–Trinajstić information content (AvgIpc) is 2.15. The third-order valence-electron chi connectivity index (χ3n) is 2.34. The number of nitrogens with one attached hydrogen (secondary N) is 1. The lowest BCUT2D eigenvalue weighted by atomic mass is 10.1. The van der Waals surface area contributed by atoms with Crippen molar-refractivity contribution in [3.05, 3.63) is 33.8 Å². The molecule has 0 aromatic heterocycles. The Hall–Kier alpha value is -0.870. The number of rotatable bonds is 2. The molecule has 0 spiro atoms. The van der Waals surface area contributed by atoms with Gasteiger partial charge in [0, 0.05) is 4.47 Å². The second-order valence-corrected chi connectivity index (χ2v) is 4.55. The van der Waals surface area contributed by atoms with Crippen LogP contribution in [0.4, 0.5) is 0 Å². The fourth-order valence-corrected chi connectivity index (χ4v) is 1.82. The molecule has 1 aliphatic rings. The van der Waals surface area contributed by atoms with Crippen LogP contribution >= 0.6 is 15.9 Å². The lowest BCUT2D eigenvalue weighted by Gasteiger charge is -2.27. The number of ether oxygens (including phenoxy) is 1. The fourth-order valence-electron chi connectivity index (χ4n) is 1.40. The first-order valence-corrected chi connectivity index (χ1v) is 5.61. The Labute approximate surface area is 96.9 Å². The van der Waals surface area contributed by atoms with Gasteiger partial charge in [-0.05, 0) is 35.0 Å². The molecule has 3 nitrogen and oxygen atoms in total. The molecule has 1 fully saturated rings. The van der Waals surface area contributed by atoms with E-state index in [9.17, 15) is 4.79 Å². The molecule has 80 valence electrons. The van der Waals surface area contributed by atoms with Gasteiger partial charge in [0.15, 0.2) is 0 Å². The minimum atomic E-state index is -0.0427. The number of carbonyl (C=O) groups excluding carboxylic acids is 1. The van der Waals surface area contributed by atoms with E-state index in [0.29, 0.717) is 18.8 Å². The highest BCUT2D eigenvalue weighted by molar-refractivity contribution is 9.10. The average molecular weight is 270 g/mol. The number of hydrogen-bond donors (Lipinski definition) is 1. The van der Waals surface area contributed by atoms with E-state index in [1.54, 1.807) is 0 Å². The Morgan fingerprint density at radius 1 is 1.53 bits per heavy atom. The Morgan fingerprint density at radius 2 is 2.27 bits per heavy atom. The summed E-state index contributed by atoms with van der Waals surface area (Å²) in [6.07, 6.45) is 0. The van der Waals surface area contributed by atoms with Gasteiger partial charge in [-0.15, -0.1) is 0 Å². The van der Waals surface area contributed by atoms with Crippen LogP contribution in [0.1, 0.15) is 15.9 Å². The van der Waals surface area contributed by atoms with Crippen LogP contribution in [0, 0.1) is 6.92 Å². The van der Waals surface area contributed by atoms with Gasteiger partial charge in [0.2, 0.25) is 0 Å². The van der Waals surface area contributed by atoms with Gasteiger partial charge in [0.05, 0.1) is 24.8 Å². The molecule has 1 heterocycles. The summed E-state index contributed by atoms with van der Waals surface area (Å²) in [6.45, 7) is 3.21. The summed E-state index contributed by atoms with van der Waals surface area (Å²) < 4.78 is 5.82. The summed E-state index contributed by atoms with van der Waals surface area (Å²) in [5.74, 6) is -0.0427. The maximum absolute atomic E-state index is 11.8. The van der Waals surface area contributed by atoms with E-state index in [0.717, 1.165) is 10.0 Å². The first-order valence-electron chi connectivity index (χ1n) is 4.81. The molecule has 1 amide bonds. The van der Waals surface area contributed by atoms with Crippen LogP contribution in [-0.4, -0.2) is 25.2 Å². The predicted molar refractivity (Wildman–Crippen MR) is 61.0 cm³/mol. The Kier molecular flexibility index (Phi) is 3.07. The van der Waals surface area contributed by atoms with Crippen molar-refractivity contribution < 1.29 is 9.53 Å². The fraction of sp³-hybridized carbons (Fsp3) is 0.364. The molecule has 0 bridgehead atoms. The van der Waals surface area contributed by atoms with E-state index in [1.807, 2.05) is 25.1 Å². The number of amides is 1. The van der Waals surface area contributed by atoms with Crippen molar-refractivity contribution in [3.8, 4) is 0 Å². The molecule has 0 saturated carbocycles. The summed E-state index contributed by atoms with van der Waals surface area (Å²) in [4.78, 5) is 11.8.